The Hall–Kier alpha value is -2.44. The monoisotopic (exact) mass is 938 g/mol. The molecule has 0 aliphatic rings. The van der Waals surface area contributed by atoms with Crippen LogP contribution in [-0.2, 0) is 14.3 Å². The van der Waals surface area contributed by atoms with E-state index in [0.29, 0.717) is 19.3 Å². The molecular weight excluding hydrogens is 827 g/mol. The largest absolute Gasteiger partial charge is 0.462 e. The first-order valence-electron chi connectivity index (χ1n) is 29.0. The van der Waals surface area contributed by atoms with Gasteiger partial charge in [0, 0.05) is 6.42 Å². The van der Waals surface area contributed by atoms with Crippen LogP contribution in [0.3, 0.4) is 0 Å². The van der Waals surface area contributed by atoms with Crippen molar-refractivity contribution in [1.29, 1.82) is 0 Å². The van der Waals surface area contributed by atoms with E-state index in [1.54, 1.807) is 0 Å². The van der Waals surface area contributed by atoms with Crippen molar-refractivity contribution < 1.29 is 24.5 Å². The average Bonchev–Trinajstić information content (AvgIpc) is 3.32. The first kappa shape index (κ1) is 64.6. The number of carbonyl (C=O) groups excluding carboxylic acids is 2. The van der Waals surface area contributed by atoms with Gasteiger partial charge in [0.25, 0.3) is 0 Å². The first-order chi connectivity index (χ1) is 33.0. The number of carbonyl (C=O) groups is 2. The summed E-state index contributed by atoms with van der Waals surface area (Å²) in [6.45, 7) is 6.46. The van der Waals surface area contributed by atoms with Crippen LogP contribution in [0.2, 0.25) is 0 Å². The van der Waals surface area contributed by atoms with Crippen LogP contribution in [-0.4, -0.2) is 46.9 Å². The molecule has 0 saturated heterocycles. The number of nitrogens with one attached hydrogen (secondary N) is 1. The molecule has 0 radical (unpaired) electrons. The van der Waals surface area contributed by atoms with Crippen molar-refractivity contribution in [3.63, 3.8) is 0 Å². The summed E-state index contributed by atoms with van der Waals surface area (Å²) < 4.78 is 5.94. The van der Waals surface area contributed by atoms with Crippen molar-refractivity contribution in [2.75, 3.05) is 6.61 Å². The zero-order valence-electron chi connectivity index (χ0n) is 44.5. The maximum absolute atomic E-state index is 13.3. The number of aliphatic hydroxyl groups is 2. The van der Waals surface area contributed by atoms with Gasteiger partial charge in [-0.3, -0.25) is 9.59 Å². The van der Waals surface area contributed by atoms with Crippen LogP contribution in [0.4, 0.5) is 0 Å². The summed E-state index contributed by atoms with van der Waals surface area (Å²) in [7, 11) is 0. The molecule has 0 fully saturated rings. The number of rotatable bonds is 52. The van der Waals surface area contributed by atoms with Crippen LogP contribution in [0.15, 0.2) is 60.8 Å². The summed E-state index contributed by atoms with van der Waals surface area (Å²) in [4.78, 5) is 26.3. The Morgan fingerprint density at radius 2 is 0.761 bits per heavy atom. The van der Waals surface area contributed by atoms with Crippen LogP contribution in [0.5, 0.6) is 0 Å². The second-order valence-electron chi connectivity index (χ2n) is 19.7. The van der Waals surface area contributed by atoms with Gasteiger partial charge < -0.3 is 20.3 Å². The van der Waals surface area contributed by atoms with Gasteiger partial charge in [-0.2, -0.15) is 0 Å². The molecule has 0 aromatic heterocycles. The fourth-order valence-corrected chi connectivity index (χ4v) is 8.64. The highest BCUT2D eigenvalue weighted by Gasteiger charge is 2.24. The third-order valence-electron chi connectivity index (χ3n) is 13.1. The molecule has 0 heterocycles. The molecule has 3 unspecified atom stereocenters. The van der Waals surface area contributed by atoms with E-state index in [4.69, 9.17) is 4.74 Å². The van der Waals surface area contributed by atoms with Crippen molar-refractivity contribution in [2.45, 2.75) is 309 Å². The van der Waals surface area contributed by atoms with Crippen LogP contribution in [0.1, 0.15) is 290 Å². The normalized spacial score (nSPS) is 13.6. The minimum Gasteiger partial charge on any atom is -0.462 e. The lowest BCUT2D eigenvalue weighted by Gasteiger charge is -2.24. The van der Waals surface area contributed by atoms with Gasteiger partial charge in [0.2, 0.25) is 5.91 Å². The minimum absolute atomic E-state index is 0.0587. The quantitative estimate of drug-likeness (QED) is 0.0321. The molecule has 0 spiro atoms. The lowest BCUT2D eigenvalue weighted by Crippen LogP contribution is -2.46. The highest BCUT2D eigenvalue weighted by atomic mass is 16.5. The van der Waals surface area contributed by atoms with E-state index in [1.807, 2.05) is 0 Å². The fourth-order valence-electron chi connectivity index (χ4n) is 8.64. The van der Waals surface area contributed by atoms with E-state index in [9.17, 15) is 19.8 Å². The number of unbranched alkanes of at least 4 members (excludes halogenated alkanes) is 30. The Bertz CT molecular complexity index is 1190. The third-order valence-corrected chi connectivity index (χ3v) is 13.1. The lowest BCUT2D eigenvalue weighted by molar-refractivity contribution is -0.151. The second kappa shape index (κ2) is 54.5. The minimum atomic E-state index is -0.798. The molecule has 0 aromatic rings. The van der Waals surface area contributed by atoms with Gasteiger partial charge in [0.05, 0.1) is 25.2 Å². The first-order valence-corrected chi connectivity index (χ1v) is 29.0. The van der Waals surface area contributed by atoms with E-state index < -0.39 is 18.2 Å². The molecule has 0 rings (SSSR count). The van der Waals surface area contributed by atoms with Gasteiger partial charge in [-0.1, -0.05) is 242 Å². The number of hydrogen-bond acceptors (Lipinski definition) is 5. The average molecular weight is 939 g/mol. The number of aliphatic hydroxyl groups excluding tert-OH is 2. The van der Waals surface area contributed by atoms with Crippen molar-refractivity contribution in [1.82, 2.24) is 5.32 Å². The molecule has 0 aromatic carbocycles. The van der Waals surface area contributed by atoms with E-state index in [0.717, 1.165) is 89.9 Å². The fraction of sp³-hybridized carbons (Fsp3) is 0.803. The standard InChI is InChI=1S/C61H111NO5/c1-4-7-10-13-16-19-22-25-27-29-30-31-33-36-39-42-45-48-51-54-61(66)67-57(52-49-46-43-40-37-34-24-21-18-15-12-9-6-3)55-60(65)62-58(56-63)59(64)53-50-47-44-41-38-35-32-28-26-23-20-17-14-11-8-5-2/h16,19,21,24-25,27,30-31,36,39,57-59,63-64H,4-15,17-18,20,22-23,26,28-29,32-35,37-38,40-56H2,1-3H3,(H,62,65)/b19-16-,24-21-,27-25-,31-30-,39-36-. The van der Waals surface area contributed by atoms with Gasteiger partial charge in [-0.25, -0.2) is 0 Å². The predicted octanol–water partition coefficient (Wildman–Crippen LogP) is 18.0. The van der Waals surface area contributed by atoms with Crippen LogP contribution in [0, 0.1) is 0 Å². The van der Waals surface area contributed by atoms with Crippen molar-refractivity contribution in [3.05, 3.63) is 60.8 Å². The van der Waals surface area contributed by atoms with Gasteiger partial charge in [-0.15, -0.1) is 0 Å². The smallest absolute Gasteiger partial charge is 0.306 e. The van der Waals surface area contributed by atoms with Crippen molar-refractivity contribution in [2.24, 2.45) is 0 Å². The molecular formula is C61H111NO5. The number of ether oxygens (including phenoxy) is 1. The molecule has 1 amide bonds. The molecule has 6 heteroatoms. The molecule has 390 valence electrons. The van der Waals surface area contributed by atoms with E-state index in [1.165, 1.54) is 154 Å². The van der Waals surface area contributed by atoms with E-state index in [-0.39, 0.29) is 24.9 Å². The molecule has 0 bridgehead atoms. The third kappa shape index (κ3) is 49.8. The predicted molar refractivity (Wildman–Crippen MR) is 292 cm³/mol. The number of allylic oxidation sites excluding steroid dienone is 10. The maximum atomic E-state index is 13.3. The SMILES string of the molecule is CCCCC/C=C\C/C=C\C/C=C\C/C=C\CCCCCC(=O)OC(CCCCCCC/C=C\CCCCCC)CC(=O)NC(CO)C(O)CCCCCCCCCCCCCCCCCC. The number of amides is 1. The maximum Gasteiger partial charge on any atom is 0.306 e. The molecule has 6 nitrogen and oxygen atoms in total. The van der Waals surface area contributed by atoms with Crippen molar-refractivity contribution in [3.8, 4) is 0 Å². The van der Waals surface area contributed by atoms with Crippen LogP contribution >= 0.6 is 0 Å². The molecule has 0 saturated carbocycles. The summed E-state index contributed by atoms with van der Waals surface area (Å²) in [6, 6.07) is -0.713. The summed E-state index contributed by atoms with van der Waals surface area (Å²) in [5.74, 6) is -0.511. The Balaban J connectivity index is 4.58. The number of esters is 1. The Morgan fingerprint density at radius 1 is 0.433 bits per heavy atom. The highest BCUT2D eigenvalue weighted by molar-refractivity contribution is 5.77. The summed E-state index contributed by atoms with van der Waals surface area (Å²) in [5, 5.41) is 23.9. The Labute approximate surface area is 416 Å². The molecule has 3 N–H and O–H groups in total. The molecule has 0 aliphatic heterocycles. The lowest BCUT2D eigenvalue weighted by atomic mass is 10.0. The number of hydrogen-bond donors (Lipinski definition) is 3. The zero-order valence-corrected chi connectivity index (χ0v) is 44.5. The summed E-state index contributed by atoms with van der Waals surface area (Å²) in [5.41, 5.74) is 0. The second-order valence-corrected chi connectivity index (χ2v) is 19.7. The van der Waals surface area contributed by atoms with Gasteiger partial charge >= 0.3 is 5.97 Å². The van der Waals surface area contributed by atoms with Gasteiger partial charge in [0.15, 0.2) is 0 Å². The van der Waals surface area contributed by atoms with Gasteiger partial charge in [0.1, 0.15) is 6.10 Å². The summed E-state index contributed by atoms with van der Waals surface area (Å²) >= 11 is 0. The van der Waals surface area contributed by atoms with Gasteiger partial charge in [-0.05, 0) is 96.3 Å². The van der Waals surface area contributed by atoms with E-state index in [2.05, 4.69) is 86.8 Å². The summed E-state index contributed by atoms with van der Waals surface area (Å²) in [6.07, 6.45) is 68.5. The molecule has 0 aliphatic carbocycles. The molecule has 3 atom stereocenters. The Kier molecular flexibility index (Phi) is 52.5. The van der Waals surface area contributed by atoms with Crippen molar-refractivity contribution >= 4 is 11.9 Å². The molecule has 67 heavy (non-hydrogen) atoms. The topological polar surface area (TPSA) is 95.9 Å². The van der Waals surface area contributed by atoms with Crippen LogP contribution < -0.4 is 5.32 Å². The Morgan fingerprint density at radius 3 is 1.21 bits per heavy atom. The highest BCUT2D eigenvalue weighted by Crippen LogP contribution is 2.18. The zero-order chi connectivity index (χ0) is 48.8. The van der Waals surface area contributed by atoms with Crippen LogP contribution in [0.25, 0.3) is 0 Å². The van der Waals surface area contributed by atoms with E-state index >= 15 is 0 Å².